The first-order chi connectivity index (χ1) is 7.22. The van der Waals surface area contributed by atoms with E-state index in [1.807, 2.05) is 0 Å². The zero-order valence-corrected chi connectivity index (χ0v) is 9.75. The molecular weight excluding hydrogens is 180 g/mol. The summed E-state index contributed by atoms with van der Waals surface area (Å²) in [7, 11) is 0. The average Bonchev–Trinajstić information content (AvgIpc) is 2.27. The van der Waals surface area contributed by atoms with Gasteiger partial charge in [0.15, 0.2) is 0 Å². The van der Waals surface area contributed by atoms with E-state index in [4.69, 9.17) is 0 Å². The summed E-state index contributed by atoms with van der Waals surface area (Å²) in [5, 5.41) is 2.78. The predicted molar refractivity (Wildman–Crippen MR) is 67.4 cm³/mol. The molecule has 0 atom stereocenters. The van der Waals surface area contributed by atoms with Gasteiger partial charge in [0.05, 0.1) is 0 Å². The fraction of sp³-hybridized carbons (Fsp3) is 0.333. The first-order valence-corrected chi connectivity index (χ1v) is 5.74. The van der Waals surface area contributed by atoms with Crippen molar-refractivity contribution in [1.29, 1.82) is 0 Å². The van der Waals surface area contributed by atoms with Gasteiger partial charge >= 0.3 is 0 Å². The molecule has 0 saturated heterocycles. The van der Waals surface area contributed by atoms with Crippen LogP contribution in [0.25, 0.3) is 10.8 Å². The van der Waals surface area contributed by atoms with Gasteiger partial charge < -0.3 is 0 Å². The summed E-state index contributed by atoms with van der Waals surface area (Å²) in [5.41, 5.74) is 2.87. The van der Waals surface area contributed by atoms with E-state index in [-0.39, 0.29) is 0 Å². The SMILES string of the molecule is CCc1ccc2c(C(C)C)cccc2c1. The van der Waals surface area contributed by atoms with Crippen LogP contribution in [0.2, 0.25) is 0 Å². The molecule has 2 aromatic carbocycles. The quantitative estimate of drug-likeness (QED) is 0.665. The van der Waals surface area contributed by atoms with Crippen LogP contribution < -0.4 is 0 Å². The van der Waals surface area contributed by atoms with Crippen molar-refractivity contribution in [1.82, 2.24) is 0 Å². The molecule has 78 valence electrons. The second-order valence-corrected chi connectivity index (χ2v) is 4.41. The van der Waals surface area contributed by atoms with Crippen LogP contribution >= 0.6 is 0 Å². The molecule has 2 aromatic rings. The van der Waals surface area contributed by atoms with Crippen LogP contribution in [-0.2, 0) is 6.42 Å². The Kier molecular flexibility index (Phi) is 2.77. The summed E-state index contributed by atoms with van der Waals surface area (Å²) in [6.07, 6.45) is 1.11. The van der Waals surface area contributed by atoms with Crippen molar-refractivity contribution in [3.63, 3.8) is 0 Å². The highest BCUT2D eigenvalue weighted by molar-refractivity contribution is 5.86. The fourth-order valence-electron chi connectivity index (χ4n) is 2.08. The molecule has 2 rings (SSSR count). The average molecular weight is 198 g/mol. The Balaban J connectivity index is 2.67. The second-order valence-electron chi connectivity index (χ2n) is 4.41. The first-order valence-electron chi connectivity index (χ1n) is 5.74. The fourth-order valence-corrected chi connectivity index (χ4v) is 2.08. The molecule has 0 fully saturated rings. The van der Waals surface area contributed by atoms with Crippen LogP contribution in [0, 0.1) is 0 Å². The molecule has 0 spiro atoms. The summed E-state index contributed by atoms with van der Waals surface area (Å²) >= 11 is 0. The molecule has 0 N–H and O–H groups in total. The van der Waals surface area contributed by atoms with E-state index in [2.05, 4.69) is 57.2 Å². The van der Waals surface area contributed by atoms with Crippen LogP contribution in [0.5, 0.6) is 0 Å². The van der Waals surface area contributed by atoms with Crippen molar-refractivity contribution in [3.05, 3.63) is 47.5 Å². The summed E-state index contributed by atoms with van der Waals surface area (Å²) < 4.78 is 0. The van der Waals surface area contributed by atoms with Gasteiger partial charge in [-0.2, -0.15) is 0 Å². The third-order valence-corrected chi connectivity index (χ3v) is 3.01. The molecule has 0 unspecified atom stereocenters. The van der Waals surface area contributed by atoms with E-state index in [0.29, 0.717) is 5.92 Å². The second kappa shape index (κ2) is 4.06. The van der Waals surface area contributed by atoms with Gasteiger partial charge in [0.25, 0.3) is 0 Å². The Labute approximate surface area is 91.9 Å². The summed E-state index contributed by atoms with van der Waals surface area (Å²) in [6, 6.07) is 13.4. The molecular formula is C15H18. The lowest BCUT2D eigenvalue weighted by Gasteiger charge is -2.10. The maximum atomic E-state index is 2.31. The van der Waals surface area contributed by atoms with Gasteiger partial charge in [0.2, 0.25) is 0 Å². The van der Waals surface area contributed by atoms with E-state index in [0.717, 1.165) is 6.42 Å². The minimum atomic E-state index is 0.598. The smallest absolute Gasteiger partial charge is 0.0149 e. The molecule has 0 radical (unpaired) electrons. The van der Waals surface area contributed by atoms with Crippen molar-refractivity contribution in [2.24, 2.45) is 0 Å². The highest BCUT2D eigenvalue weighted by atomic mass is 14.1. The molecule has 0 bridgehead atoms. The zero-order chi connectivity index (χ0) is 10.8. The van der Waals surface area contributed by atoms with E-state index in [1.54, 1.807) is 0 Å². The standard InChI is InChI=1S/C15H18/c1-4-12-8-9-15-13(10-12)6-5-7-14(15)11(2)3/h5-11H,4H2,1-3H3. The lowest BCUT2D eigenvalue weighted by molar-refractivity contribution is 0.876. The maximum absolute atomic E-state index is 2.31. The molecule has 0 amide bonds. The van der Waals surface area contributed by atoms with E-state index in [1.165, 1.54) is 21.9 Å². The van der Waals surface area contributed by atoms with Gasteiger partial charge in [-0.05, 0) is 34.2 Å². The maximum Gasteiger partial charge on any atom is -0.0149 e. The van der Waals surface area contributed by atoms with Crippen molar-refractivity contribution >= 4 is 10.8 Å². The van der Waals surface area contributed by atoms with E-state index in [9.17, 15) is 0 Å². The lowest BCUT2D eigenvalue weighted by Crippen LogP contribution is -1.90. The molecule has 0 heteroatoms. The van der Waals surface area contributed by atoms with Crippen molar-refractivity contribution < 1.29 is 0 Å². The number of fused-ring (bicyclic) bond motifs is 1. The van der Waals surface area contributed by atoms with E-state index < -0.39 is 0 Å². The third kappa shape index (κ3) is 1.90. The van der Waals surface area contributed by atoms with E-state index >= 15 is 0 Å². The molecule has 0 heterocycles. The molecule has 15 heavy (non-hydrogen) atoms. The van der Waals surface area contributed by atoms with Gasteiger partial charge in [-0.3, -0.25) is 0 Å². The number of aryl methyl sites for hydroxylation is 1. The molecule has 0 nitrogen and oxygen atoms in total. The van der Waals surface area contributed by atoms with Crippen molar-refractivity contribution in [2.75, 3.05) is 0 Å². The largest absolute Gasteiger partial charge is 0.0613 e. The van der Waals surface area contributed by atoms with Crippen LogP contribution in [0.1, 0.15) is 37.8 Å². The summed E-state index contributed by atoms with van der Waals surface area (Å²) in [4.78, 5) is 0. The molecule has 0 aliphatic carbocycles. The Morgan fingerprint density at radius 3 is 2.53 bits per heavy atom. The Hall–Kier alpha value is -1.30. The van der Waals surface area contributed by atoms with Gasteiger partial charge in [0, 0.05) is 0 Å². The lowest BCUT2D eigenvalue weighted by atomic mass is 9.95. The summed E-state index contributed by atoms with van der Waals surface area (Å²) in [5.74, 6) is 0.598. The number of hydrogen-bond acceptors (Lipinski definition) is 0. The van der Waals surface area contributed by atoms with Gasteiger partial charge in [-0.15, -0.1) is 0 Å². The predicted octanol–water partition coefficient (Wildman–Crippen LogP) is 4.53. The van der Waals surface area contributed by atoms with Gasteiger partial charge in [0.1, 0.15) is 0 Å². The molecule has 0 saturated carbocycles. The van der Waals surface area contributed by atoms with Crippen LogP contribution in [0.15, 0.2) is 36.4 Å². The Morgan fingerprint density at radius 1 is 1.07 bits per heavy atom. The van der Waals surface area contributed by atoms with Crippen molar-refractivity contribution in [2.45, 2.75) is 33.1 Å². The van der Waals surface area contributed by atoms with Crippen LogP contribution in [0.4, 0.5) is 0 Å². The molecule has 0 aliphatic heterocycles. The molecule has 0 aliphatic rings. The van der Waals surface area contributed by atoms with Crippen molar-refractivity contribution in [3.8, 4) is 0 Å². The van der Waals surface area contributed by atoms with Crippen LogP contribution in [0.3, 0.4) is 0 Å². The highest BCUT2D eigenvalue weighted by Crippen LogP contribution is 2.26. The third-order valence-electron chi connectivity index (χ3n) is 3.01. The summed E-state index contributed by atoms with van der Waals surface area (Å²) in [6.45, 7) is 6.71. The Bertz CT molecular complexity index is 466. The van der Waals surface area contributed by atoms with Gasteiger partial charge in [-0.1, -0.05) is 57.2 Å². The minimum absolute atomic E-state index is 0.598. The Morgan fingerprint density at radius 2 is 1.87 bits per heavy atom. The van der Waals surface area contributed by atoms with Crippen LogP contribution in [-0.4, -0.2) is 0 Å². The minimum Gasteiger partial charge on any atom is -0.0613 e. The number of hydrogen-bond donors (Lipinski definition) is 0. The number of benzene rings is 2. The monoisotopic (exact) mass is 198 g/mol. The highest BCUT2D eigenvalue weighted by Gasteiger charge is 2.04. The first kappa shape index (κ1) is 10.2. The normalized spacial score (nSPS) is 11.2. The zero-order valence-electron chi connectivity index (χ0n) is 9.75. The molecule has 0 aromatic heterocycles. The van der Waals surface area contributed by atoms with Gasteiger partial charge in [-0.25, -0.2) is 0 Å². The topological polar surface area (TPSA) is 0 Å². The number of rotatable bonds is 2.